The third kappa shape index (κ3) is 3.14. The highest BCUT2D eigenvalue weighted by Gasteiger charge is 2.12. The van der Waals surface area contributed by atoms with E-state index in [1.807, 2.05) is 6.07 Å². The number of carbonyl (C=O) groups is 2. The molecule has 0 radical (unpaired) electrons. The molecule has 0 saturated heterocycles. The minimum Gasteiger partial charge on any atom is -0.308 e. The quantitative estimate of drug-likeness (QED) is 0.727. The first kappa shape index (κ1) is 15.4. The maximum absolute atomic E-state index is 12.2. The van der Waals surface area contributed by atoms with Crippen LogP contribution in [0.3, 0.4) is 0 Å². The van der Waals surface area contributed by atoms with E-state index in [0.29, 0.717) is 16.7 Å². The van der Waals surface area contributed by atoms with Gasteiger partial charge in [-0.2, -0.15) is 5.10 Å². The number of para-hydroxylation sites is 1. The van der Waals surface area contributed by atoms with Gasteiger partial charge in [0.05, 0.1) is 6.20 Å². The molecule has 0 aliphatic heterocycles. The lowest BCUT2D eigenvalue weighted by molar-refractivity contribution is -0.120. The average molecular weight is 326 g/mol. The fraction of sp³-hybridized carbons (Fsp3) is 0.133. The molecule has 9 heteroatoms. The summed E-state index contributed by atoms with van der Waals surface area (Å²) in [5, 5.41) is 8.93. The zero-order chi connectivity index (χ0) is 17.1. The summed E-state index contributed by atoms with van der Waals surface area (Å²) in [6.07, 6.45) is 2.64. The van der Waals surface area contributed by atoms with Gasteiger partial charge in [0.15, 0.2) is 5.65 Å². The van der Waals surface area contributed by atoms with E-state index in [4.69, 9.17) is 0 Å². The van der Waals surface area contributed by atoms with E-state index in [9.17, 15) is 14.4 Å². The highest BCUT2D eigenvalue weighted by Crippen LogP contribution is 2.04. The van der Waals surface area contributed by atoms with Crippen LogP contribution in [0.2, 0.25) is 0 Å². The molecule has 9 nitrogen and oxygen atoms in total. The van der Waals surface area contributed by atoms with E-state index in [1.54, 1.807) is 31.3 Å². The van der Waals surface area contributed by atoms with Crippen molar-refractivity contribution in [3.63, 3.8) is 0 Å². The van der Waals surface area contributed by atoms with Crippen molar-refractivity contribution in [1.82, 2.24) is 24.6 Å². The van der Waals surface area contributed by atoms with Crippen LogP contribution >= 0.6 is 0 Å². The van der Waals surface area contributed by atoms with Crippen LogP contribution in [0.4, 0.5) is 10.5 Å². The number of hydrogen-bond donors (Lipinski definition) is 2. The van der Waals surface area contributed by atoms with Gasteiger partial charge in [0.1, 0.15) is 18.3 Å². The summed E-state index contributed by atoms with van der Waals surface area (Å²) in [7, 11) is 1.67. The number of fused-ring (bicyclic) bond motifs is 1. The molecule has 24 heavy (non-hydrogen) atoms. The molecule has 0 atom stereocenters. The number of urea groups is 1. The smallest absolute Gasteiger partial charge is 0.308 e. The Labute approximate surface area is 135 Å². The minimum absolute atomic E-state index is 0.307. The molecule has 0 aliphatic carbocycles. The number of aromatic nitrogens is 4. The second-order valence-corrected chi connectivity index (χ2v) is 5.05. The lowest BCUT2D eigenvalue weighted by Gasteiger charge is -2.08. The normalized spacial score (nSPS) is 10.5. The predicted molar refractivity (Wildman–Crippen MR) is 86.4 cm³/mol. The van der Waals surface area contributed by atoms with Crippen LogP contribution in [-0.4, -0.2) is 31.3 Å². The van der Waals surface area contributed by atoms with Crippen LogP contribution in [-0.2, 0) is 18.4 Å². The second kappa shape index (κ2) is 6.32. The first-order chi connectivity index (χ1) is 11.5. The van der Waals surface area contributed by atoms with Crippen molar-refractivity contribution in [3.05, 3.63) is 53.2 Å². The molecule has 0 saturated carbocycles. The van der Waals surface area contributed by atoms with Gasteiger partial charge in [0, 0.05) is 12.7 Å². The van der Waals surface area contributed by atoms with E-state index in [0.717, 1.165) is 4.57 Å². The molecule has 2 heterocycles. The number of aryl methyl sites for hydroxylation is 1. The van der Waals surface area contributed by atoms with E-state index in [2.05, 4.69) is 20.7 Å². The Balaban J connectivity index is 1.68. The van der Waals surface area contributed by atoms with Crippen molar-refractivity contribution >= 4 is 28.7 Å². The monoisotopic (exact) mass is 326 g/mol. The Morgan fingerprint density at radius 2 is 1.96 bits per heavy atom. The number of amides is 3. The van der Waals surface area contributed by atoms with Crippen LogP contribution < -0.4 is 16.2 Å². The molecule has 1 aromatic carbocycles. The van der Waals surface area contributed by atoms with Gasteiger partial charge in [-0.1, -0.05) is 18.2 Å². The molecular formula is C15H14N6O3. The number of hydrogen-bond acceptors (Lipinski definition) is 5. The molecule has 0 spiro atoms. The van der Waals surface area contributed by atoms with Crippen LogP contribution in [0.5, 0.6) is 0 Å². The molecule has 3 amide bonds. The lowest BCUT2D eigenvalue weighted by Crippen LogP contribution is -2.38. The van der Waals surface area contributed by atoms with Gasteiger partial charge in [-0.15, -0.1) is 0 Å². The zero-order valence-corrected chi connectivity index (χ0v) is 12.8. The Bertz CT molecular complexity index is 960. The highest BCUT2D eigenvalue weighted by molar-refractivity contribution is 6.01. The number of nitrogens with zero attached hydrogens (tertiary/aromatic N) is 4. The minimum atomic E-state index is -0.672. The topological polar surface area (TPSA) is 111 Å². The number of nitrogens with one attached hydrogen (secondary N) is 2. The van der Waals surface area contributed by atoms with Gasteiger partial charge in [0.25, 0.3) is 5.56 Å². The molecule has 122 valence electrons. The van der Waals surface area contributed by atoms with E-state index >= 15 is 0 Å². The van der Waals surface area contributed by atoms with E-state index in [1.165, 1.54) is 17.2 Å². The van der Waals surface area contributed by atoms with Gasteiger partial charge in [-0.3, -0.25) is 24.2 Å². The largest absolute Gasteiger partial charge is 0.325 e. The van der Waals surface area contributed by atoms with Gasteiger partial charge < -0.3 is 5.32 Å². The predicted octanol–water partition coefficient (Wildman–Crippen LogP) is 0.478. The third-order valence-electron chi connectivity index (χ3n) is 3.32. The summed E-state index contributed by atoms with van der Waals surface area (Å²) in [6, 6.07) is 8.03. The molecule has 3 rings (SSSR count). The van der Waals surface area contributed by atoms with Crippen molar-refractivity contribution in [3.8, 4) is 0 Å². The number of anilines is 1. The first-order valence-corrected chi connectivity index (χ1v) is 7.07. The highest BCUT2D eigenvalue weighted by atomic mass is 16.2. The Morgan fingerprint density at radius 1 is 1.21 bits per heavy atom. The maximum atomic E-state index is 12.2. The molecule has 0 unspecified atom stereocenters. The van der Waals surface area contributed by atoms with Gasteiger partial charge in [0.2, 0.25) is 5.91 Å². The van der Waals surface area contributed by atoms with Crippen LogP contribution in [0.1, 0.15) is 0 Å². The van der Waals surface area contributed by atoms with Gasteiger partial charge in [-0.05, 0) is 12.1 Å². The summed E-state index contributed by atoms with van der Waals surface area (Å²) in [4.78, 5) is 40.0. The Hall–Kier alpha value is -3.49. The molecule has 2 N–H and O–H groups in total. The SMILES string of the molecule is Cn1ncc2c(=O)n(CC(=O)NC(=O)Nc3ccccc3)cnc21. The van der Waals surface area contributed by atoms with Crippen LogP contribution in [0.15, 0.2) is 47.7 Å². The van der Waals surface area contributed by atoms with Crippen LogP contribution in [0.25, 0.3) is 11.0 Å². The molecule has 3 aromatic rings. The van der Waals surface area contributed by atoms with Gasteiger partial charge in [-0.25, -0.2) is 9.78 Å². The summed E-state index contributed by atoms with van der Waals surface area (Å²) in [5.41, 5.74) is 0.587. The molecule has 0 bridgehead atoms. The number of carbonyl (C=O) groups excluding carboxylic acids is 2. The Morgan fingerprint density at radius 3 is 2.71 bits per heavy atom. The van der Waals surface area contributed by atoms with Crippen molar-refractivity contribution in [2.45, 2.75) is 6.54 Å². The number of benzene rings is 1. The molecule has 2 aromatic heterocycles. The number of imide groups is 1. The average Bonchev–Trinajstić information content (AvgIpc) is 2.93. The van der Waals surface area contributed by atoms with E-state index in [-0.39, 0.29) is 6.54 Å². The van der Waals surface area contributed by atoms with Crippen molar-refractivity contribution in [2.24, 2.45) is 7.05 Å². The van der Waals surface area contributed by atoms with Crippen molar-refractivity contribution in [2.75, 3.05) is 5.32 Å². The van der Waals surface area contributed by atoms with Crippen molar-refractivity contribution < 1.29 is 9.59 Å². The zero-order valence-electron chi connectivity index (χ0n) is 12.8. The standard InChI is InChI=1S/C15H14N6O3/c1-20-13-11(7-17-20)14(23)21(9-16-13)8-12(22)19-15(24)18-10-5-3-2-4-6-10/h2-7,9H,8H2,1H3,(H2,18,19,22,24). The van der Waals surface area contributed by atoms with Gasteiger partial charge >= 0.3 is 6.03 Å². The summed E-state index contributed by atoms with van der Waals surface area (Å²) in [5.74, 6) is -0.629. The fourth-order valence-electron chi connectivity index (χ4n) is 2.18. The first-order valence-electron chi connectivity index (χ1n) is 7.07. The van der Waals surface area contributed by atoms with Crippen molar-refractivity contribution in [1.29, 1.82) is 0 Å². The summed E-state index contributed by atoms with van der Waals surface area (Å²) >= 11 is 0. The molecule has 0 fully saturated rings. The second-order valence-electron chi connectivity index (χ2n) is 5.05. The number of rotatable bonds is 3. The Kier molecular flexibility index (Phi) is 4.06. The molecular weight excluding hydrogens is 312 g/mol. The lowest BCUT2D eigenvalue weighted by atomic mass is 10.3. The molecule has 0 aliphatic rings. The summed E-state index contributed by atoms with van der Waals surface area (Å²) in [6.45, 7) is -0.321. The maximum Gasteiger partial charge on any atom is 0.325 e. The summed E-state index contributed by atoms with van der Waals surface area (Å²) < 4.78 is 2.59. The third-order valence-corrected chi connectivity index (χ3v) is 3.32. The van der Waals surface area contributed by atoms with Crippen LogP contribution in [0, 0.1) is 0 Å². The van der Waals surface area contributed by atoms with E-state index < -0.39 is 17.5 Å². The fourth-order valence-corrected chi connectivity index (χ4v) is 2.18.